The zero-order valence-corrected chi connectivity index (χ0v) is 24.9. The van der Waals surface area contributed by atoms with Gasteiger partial charge in [-0.05, 0) is 74.4 Å². The molecule has 1 heterocycles. The fraction of sp³-hybridized carbons (Fsp3) is 0.172. The third-order valence-corrected chi connectivity index (χ3v) is 9.14. The highest BCUT2D eigenvalue weighted by molar-refractivity contribution is 7.89. The first-order valence-electron chi connectivity index (χ1n) is 12.3. The van der Waals surface area contributed by atoms with Crippen LogP contribution in [0.5, 0.6) is 0 Å². The van der Waals surface area contributed by atoms with E-state index in [1.165, 1.54) is 30.5 Å². The summed E-state index contributed by atoms with van der Waals surface area (Å²) in [6, 6.07) is 22.6. The molecule has 7 nitrogen and oxygen atoms in total. The van der Waals surface area contributed by atoms with Crippen LogP contribution in [-0.4, -0.2) is 42.5 Å². The summed E-state index contributed by atoms with van der Waals surface area (Å²) in [5, 5.41) is 5.42. The number of carbonyl (C=O) groups excluding carboxylic acids is 1. The van der Waals surface area contributed by atoms with Crippen LogP contribution >= 0.6 is 34.8 Å². The van der Waals surface area contributed by atoms with E-state index in [0.29, 0.717) is 21.5 Å². The van der Waals surface area contributed by atoms with E-state index in [4.69, 9.17) is 34.8 Å². The number of benzene rings is 3. The van der Waals surface area contributed by atoms with Crippen molar-refractivity contribution >= 4 is 56.9 Å². The second kappa shape index (κ2) is 13.0. The SMILES string of the molecule is Cc1cc(C=NNC(=O)CN(CCc2ccccc2)S(=O)(=O)c2ccc(Cl)cc2)c(C)n1-c1ccc(Cl)c(Cl)c1. The lowest BCUT2D eigenvalue weighted by Gasteiger charge is -2.21. The predicted molar refractivity (Wildman–Crippen MR) is 161 cm³/mol. The molecule has 208 valence electrons. The summed E-state index contributed by atoms with van der Waals surface area (Å²) in [5.41, 5.74) is 6.85. The van der Waals surface area contributed by atoms with Gasteiger partial charge >= 0.3 is 0 Å². The van der Waals surface area contributed by atoms with Crippen molar-refractivity contribution in [1.29, 1.82) is 0 Å². The highest BCUT2D eigenvalue weighted by Crippen LogP contribution is 2.27. The van der Waals surface area contributed by atoms with Gasteiger partial charge in [0.15, 0.2) is 0 Å². The van der Waals surface area contributed by atoms with Gasteiger partial charge in [-0.15, -0.1) is 0 Å². The lowest BCUT2D eigenvalue weighted by atomic mass is 10.1. The van der Waals surface area contributed by atoms with Crippen molar-refractivity contribution in [3.05, 3.63) is 116 Å². The largest absolute Gasteiger partial charge is 0.318 e. The van der Waals surface area contributed by atoms with Gasteiger partial charge in [0.25, 0.3) is 5.91 Å². The van der Waals surface area contributed by atoms with Crippen molar-refractivity contribution < 1.29 is 13.2 Å². The number of sulfonamides is 1. The maximum absolute atomic E-state index is 13.4. The Balaban J connectivity index is 1.49. The molecule has 0 aliphatic heterocycles. The number of carbonyl (C=O) groups is 1. The first kappa shape index (κ1) is 29.8. The maximum atomic E-state index is 13.4. The van der Waals surface area contributed by atoms with Crippen LogP contribution in [0.2, 0.25) is 15.1 Å². The van der Waals surface area contributed by atoms with Gasteiger partial charge in [0, 0.05) is 34.2 Å². The number of nitrogens with zero attached hydrogens (tertiary/aromatic N) is 3. The van der Waals surface area contributed by atoms with E-state index >= 15 is 0 Å². The summed E-state index contributed by atoms with van der Waals surface area (Å²) in [7, 11) is -3.97. The molecule has 3 aromatic carbocycles. The number of aromatic nitrogens is 1. The number of aryl methyl sites for hydroxylation is 1. The minimum atomic E-state index is -3.97. The zero-order chi connectivity index (χ0) is 28.9. The molecule has 4 aromatic rings. The van der Waals surface area contributed by atoms with Crippen LogP contribution in [0, 0.1) is 13.8 Å². The van der Waals surface area contributed by atoms with E-state index in [0.717, 1.165) is 32.5 Å². The molecule has 1 N–H and O–H groups in total. The second-order valence-corrected chi connectivity index (χ2v) is 12.3. The minimum Gasteiger partial charge on any atom is -0.318 e. The number of hydrogen-bond donors (Lipinski definition) is 1. The van der Waals surface area contributed by atoms with Crippen molar-refractivity contribution in [1.82, 2.24) is 14.3 Å². The lowest BCUT2D eigenvalue weighted by Crippen LogP contribution is -2.40. The van der Waals surface area contributed by atoms with Crippen LogP contribution in [-0.2, 0) is 21.2 Å². The Morgan fingerprint density at radius 2 is 1.65 bits per heavy atom. The van der Waals surface area contributed by atoms with Gasteiger partial charge in [0.1, 0.15) is 0 Å². The molecule has 0 unspecified atom stereocenters. The van der Waals surface area contributed by atoms with Crippen molar-refractivity contribution in [2.24, 2.45) is 5.10 Å². The summed E-state index contributed by atoms with van der Waals surface area (Å²) in [5.74, 6) is -0.569. The summed E-state index contributed by atoms with van der Waals surface area (Å²) in [6.07, 6.45) is 1.96. The molecule has 0 bridgehead atoms. The van der Waals surface area contributed by atoms with E-state index in [2.05, 4.69) is 10.5 Å². The van der Waals surface area contributed by atoms with Crippen LogP contribution in [0.3, 0.4) is 0 Å². The average molecular weight is 618 g/mol. The molecule has 40 heavy (non-hydrogen) atoms. The van der Waals surface area contributed by atoms with Crippen molar-refractivity contribution in [2.45, 2.75) is 25.2 Å². The number of nitrogens with one attached hydrogen (secondary N) is 1. The average Bonchev–Trinajstić information content (AvgIpc) is 3.21. The quantitative estimate of drug-likeness (QED) is 0.164. The molecule has 0 aliphatic carbocycles. The van der Waals surface area contributed by atoms with E-state index in [-0.39, 0.29) is 11.4 Å². The third-order valence-electron chi connectivity index (χ3n) is 6.29. The number of halogens is 3. The summed E-state index contributed by atoms with van der Waals surface area (Å²) >= 11 is 18.2. The number of amides is 1. The fourth-order valence-corrected chi connectivity index (χ4v) is 6.06. The van der Waals surface area contributed by atoms with Crippen LogP contribution in [0.25, 0.3) is 5.69 Å². The van der Waals surface area contributed by atoms with Crippen LogP contribution in [0.4, 0.5) is 0 Å². The predicted octanol–water partition coefficient (Wildman–Crippen LogP) is 6.44. The van der Waals surface area contributed by atoms with Crippen molar-refractivity contribution in [2.75, 3.05) is 13.1 Å². The molecule has 0 fully saturated rings. The molecule has 0 saturated carbocycles. The van der Waals surface area contributed by atoms with Crippen LogP contribution in [0.1, 0.15) is 22.5 Å². The summed E-state index contributed by atoms with van der Waals surface area (Å²) in [6.45, 7) is 3.56. The Kier molecular flexibility index (Phi) is 9.71. The summed E-state index contributed by atoms with van der Waals surface area (Å²) < 4.78 is 29.9. The fourth-order valence-electron chi connectivity index (χ4n) is 4.25. The molecule has 11 heteroatoms. The standard InChI is InChI=1S/C29H27Cl3N4O3S/c1-20-16-23(21(2)36(20)25-10-13-27(31)28(32)17-25)18-33-34-29(37)19-35(15-14-22-6-4-3-5-7-22)40(38,39)26-11-8-24(30)9-12-26/h3-13,16-18H,14-15,19H2,1-2H3,(H,34,37). The normalized spacial score (nSPS) is 11.8. The van der Waals surface area contributed by atoms with Crippen molar-refractivity contribution in [3.63, 3.8) is 0 Å². The first-order valence-corrected chi connectivity index (χ1v) is 14.9. The summed E-state index contributed by atoms with van der Waals surface area (Å²) in [4.78, 5) is 12.9. The molecule has 0 atom stereocenters. The Morgan fingerprint density at radius 1 is 0.950 bits per heavy atom. The molecule has 1 aromatic heterocycles. The molecular formula is C29H27Cl3N4O3S. The highest BCUT2D eigenvalue weighted by atomic mass is 35.5. The van der Waals surface area contributed by atoms with Gasteiger partial charge in [-0.25, -0.2) is 13.8 Å². The van der Waals surface area contributed by atoms with E-state index in [1.807, 2.05) is 60.9 Å². The van der Waals surface area contributed by atoms with E-state index in [1.54, 1.807) is 12.1 Å². The number of hydrogen-bond acceptors (Lipinski definition) is 4. The lowest BCUT2D eigenvalue weighted by molar-refractivity contribution is -0.121. The van der Waals surface area contributed by atoms with Gasteiger partial charge in [-0.2, -0.15) is 9.41 Å². The Hall–Kier alpha value is -3.14. The number of hydrazone groups is 1. The molecule has 1 amide bonds. The van der Waals surface area contributed by atoms with Gasteiger partial charge in [0.2, 0.25) is 10.0 Å². The topological polar surface area (TPSA) is 83.8 Å². The maximum Gasteiger partial charge on any atom is 0.255 e. The van der Waals surface area contributed by atoms with Gasteiger partial charge in [-0.3, -0.25) is 4.79 Å². The van der Waals surface area contributed by atoms with E-state index < -0.39 is 22.5 Å². The van der Waals surface area contributed by atoms with Gasteiger partial charge in [0.05, 0.1) is 27.7 Å². The molecule has 0 radical (unpaired) electrons. The molecule has 4 rings (SSSR count). The molecule has 0 spiro atoms. The molecule has 0 saturated heterocycles. The molecule has 0 aliphatic rings. The monoisotopic (exact) mass is 616 g/mol. The third kappa shape index (κ3) is 7.13. The van der Waals surface area contributed by atoms with Crippen molar-refractivity contribution in [3.8, 4) is 5.69 Å². The van der Waals surface area contributed by atoms with Gasteiger partial charge < -0.3 is 4.57 Å². The first-order chi connectivity index (χ1) is 19.1. The van der Waals surface area contributed by atoms with Crippen LogP contribution in [0.15, 0.2) is 88.9 Å². The Labute approximate surface area is 249 Å². The minimum absolute atomic E-state index is 0.0519. The highest BCUT2D eigenvalue weighted by Gasteiger charge is 2.26. The zero-order valence-electron chi connectivity index (χ0n) is 21.8. The van der Waals surface area contributed by atoms with E-state index in [9.17, 15) is 13.2 Å². The Bertz CT molecular complexity index is 1640. The smallest absolute Gasteiger partial charge is 0.255 e. The number of rotatable bonds is 10. The van der Waals surface area contributed by atoms with Crippen LogP contribution < -0.4 is 5.43 Å². The van der Waals surface area contributed by atoms with Gasteiger partial charge in [-0.1, -0.05) is 65.1 Å². The second-order valence-electron chi connectivity index (χ2n) is 9.08. The Morgan fingerprint density at radius 3 is 2.33 bits per heavy atom. The molecular weight excluding hydrogens is 591 g/mol.